The topological polar surface area (TPSA) is 64.0 Å². The number of thiophene rings is 1. The van der Waals surface area contributed by atoms with Gasteiger partial charge in [0.05, 0.1) is 5.69 Å². The zero-order valence-corrected chi connectivity index (χ0v) is 15.2. The van der Waals surface area contributed by atoms with Crippen molar-refractivity contribution >= 4 is 21.4 Å². The molecule has 23 heavy (non-hydrogen) atoms. The third-order valence-electron chi connectivity index (χ3n) is 4.22. The number of nitrogens with one attached hydrogen (secondary N) is 1. The summed E-state index contributed by atoms with van der Waals surface area (Å²) in [5.41, 5.74) is 1.86. The van der Waals surface area contributed by atoms with Crippen LogP contribution in [0.15, 0.2) is 27.9 Å². The number of hydrogen-bond acceptors (Lipinski definition) is 4. The minimum absolute atomic E-state index is 0.0838. The summed E-state index contributed by atoms with van der Waals surface area (Å²) in [6.07, 6.45) is 7.06. The lowest BCUT2D eigenvalue weighted by Gasteiger charge is -2.22. The van der Waals surface area contributed by atoms with Crippen molar-refractivity contribution in [1.29, 1.82) is 0 Å². The average molecular weight is 354 g/mol. The molecule has 0 aliphatic heterocycles. The molecule has 0 radical (unpaired) electrons. The Bertz CT molecular complexity index is 756. The third kappa shape index (κ3) is 3.67. The van der Waals surface area contributed by atoms with Gasteiger partial charge in [0, 0.05) is 29.2 Å². The van der Waals surface area contributed by atoms with Crippen LogP contribution in [0, 0.1) is 0 Å². The number of nitrogens with zero attached hydrogens (tertiary/aromatic N) is 2. The summed E-state index contributed by atoms with van der Waals surface area (Å²) in [4.78, 5) is 0. The highest BCUT2D eigenvalue weighted by atomic mass is 32.2. The Balaban J connectivity index is 1.81. The van der Waals surface area contributed by atoms with Crippen LogP contribution in [0.2, 0.25) is 0 Å². The van der Waals surface area contributed by atoms with Gasteiger partial charge in [-0.3, -0.25) is 4.68 Å². The smallest absolute Gasteiger partial charge is 0.250 e. The van der Waals surface area contributed by atoms with Gasteiger partial charge >= 0.3 is 0 Å². The first kappa shape index (κ1) is 16.7. The third-order valence-corrected chi connectivity index (χ3v) is 7.18. The summed E-state index contributed by atoms with van der Waals surface area (Å²) in [5.74, 6) is 0. The van der Waals surface area contributed by atoms with Crippen molar-refractivity contribution in [2.45, 2.75) is 62.2 Å². The highest BCUT2D eigenvalue weighted by Gasteiger charge is 2.24. The van der Waals surface area contributed by atoms with E-state index in [0.717, 1.165) is 36.9 Å². The maximum Gasteiger partial charge on any atom is 0.250 e. The summed E-state index contributed by atoms with van der Waals surface area (Å²) >= 11 is 1.27. The van der Waals surface area contributed by atoms with Crippen molar-refractivity contribution in [3.8, 4) is 11.3 Å². The number of rotatable bonds is 5. The number of aromatic nitrogens is 2. The van der Waals surface area contributed by atoms with Crippen LogP contribution in [0.1, 0.15) is 52.0 Å². The predicted octanol–water partition coefficient (Wildman–Crippen LogP) is 3.80. The molecule has 7 heteroatoms. The van der Waals surface area contributed by atoms with E-state index in [1.807, 2.05) is 16.1 Å². The summed E-state index contributed by atoms with van der Waals surface area (Å²) < 4.78 is 30.3. The van der Waals surface area contributed by atoms with Gasteiger partial charge in [-0.25, -0.2) is 13.1 Å². The van der Waals surface area contributed by atoms with Crippen LogP contribution >= 0.6 is 11.3 Å². The molecule has 1 fully saturated rings. The molecular weight excluding hydrogens is 330 g/mol. The molecule has 1 aliphatic carbocycles. The minimum atomic E-state index is -3.42. The molecule has 1 aliphatic rings. The molecule has 0 bridgehead atoms. The van der Waals surface area contributed by atoms with Gasteiger partial charge in [0.15, 0.2) is 0 Å². The van der Waals surface area contributed by atoms with Crippen LogP contribution in [0.3, 0.4) is 0 Å². The van der Waals surface area contributed by atoms with Gasteiger partial charge in [-0.05, 0) is 38.8 Å². The monoisotopic (exact) mass is 353 g/mol. The molecular formula is C16H23N3O2S2. The highest BCUT2D eigenvalue weighted by molar-refractivity contribution is 7.91. The molecule has 0 unspecified atom stereocenters. The van der Waals surface area contributed by atoms with Crippen LogP contribution in [0.25, 0.3) is 11.3 Å². The molecule has 5 nitrogen and oxygen atoms in total. The second kappa shape index (κ2) is 6.75. The van der Waals surface area contributed by atoms with Crippen molar-refractivity contribution in [1.82, 2.24) is 14.5 Å². The van der Waals surface area contributed by atoms with Crippen molar-refractivity contribution < 1.29 is 8.42 Å². The van der Waals surface area contributed by atoms with Crippen LogP contribution < -0.4 is 4.72 Å². The molecule has 1 N–H and O–H groups in total. The highest BCUT2D eigenvalue weighted by Crippen LogP contribution is 2.30. The Hall–Kier alpha value is -1.18. The fourth-order valence-electron chi connectivity index (χ4n) is 3.04. The van der Waals surface area contributed by atoms with Crippen molar-refractivity contribution in [3.63, 3.8) is 0 Å². The van der Waals surface area contributed by atoms with Crippen LogP contribution in [-0.2, 0) is 10.0 Å². The molecule has 126 valence electrons. The first-order valence-corrected chi connectivity index (χ1v) is 10.5. The predicted molar refractivity (Wildman–Crippen MR) is 93.1 cm³/mol. The first-order valence-electron chi connectivity index (χ1n) is 8.12. The van der Waals surface area contributed by atoms with Crippen LogP contribution in [-0.4, -0.2) is 24.2 Å². The van der Waals surface area contributed by atoms with E-state index in [1.54, 1.807) is 12.3 Å². The van der Waals surface area contributed by atoms with Crippen molar-refractivity contribution in [2.75, 3.05) is 0 Å². The summed E-state index contributed by atoms with van der Waals surface area (Å²) in [6.45, 7) is 4.12. The Morgan fingerprint density at radius 3 is 2.74 bits per heavy atom. The maximum atomic E-state index is 12.6. The van der Waals surface area contributed by atoms with E-state index in [0.29, 0.717) is 4.21 Å². The molecule has 2 aromatic heterocycles. The maximum absolute atomic E-state index is 12.6. The van der Waals surface area contributed by atoms with Crippen molar-refractivity contribution in [3.05, 3.63) is 23.7 Å². The molecule has 0 saturated heterocycles. The first-order chi connectivity index (χ1) is 11.0. The van der Waals surface area contributed by atoms with E-state index in [4.69, 9.17) is 0 Å². The average Bonchev–Trinajstić information content (AvgIpc) is 3.17. The fraction of sp³-hybridized carbons (Fsp3) is 0.562. The van der Waals surface area contributed by atoms with Gasteiger partial charge in [-0.2, -0.15) is 5.10 Å². The molecule has 0 spiro atoms. The lowest BCUT2D eigenvalue weighted by molar-refractivity contribution is 0.412. The molecule has 0 amide bonds. The fourth-order valence-corrected chi connectivity index (χ4v) is 5.54. The molecule has 1 saturated carbocycles. The lowest BCUT2D eigenvalue weighted by atomic mass is 9.96. The van der Waals surface area contributed by atoms with Crippen LogP contribution in [0.4, 0.5) is 0 Å². The summed E-state index contributed by atoms with van der Waals surface area (Å²) in [7, 11) is -3.42. The van der Waals surface area contributed by atoms with E-state index in [2.05, 4.69) is 23.7 Å². The minimum Gasteiger partial charge on any atom is -0.262 e. The van der Waals surface area contributed by atoms with E-state index in [1.165, 1.54) is 17.8 Å². The SMILES string of the molecule is CC(C)n1nccc1-c1csc(S(=O)(=O)NC2CCCCC2)c1. The van der Waals surface area contributed by atoms with E-state index < -0.39 is 10.0 Å². The van der Waals surface area contributed by atoms with Gasteiger partial charge in [-0.1, -0.05) is 19.3 Å². The Kier molecular flexibility index (Phi) is 4.89. The molecule has 2 heterocycles. The molecule has 0 aromatic carbocycles. The molecule has 3 rings (SSSR count). The summed E-state index contributed by atoms with van der Waals surface area (Å²) in [6, 6.07) is 4.00. The zero-order chi connectivity index (χ0) is 16.4. The second-order valence-corrected chi connectivity index (χ2v) is 9.22. The standard InChI is InChI=1S/C16H23N3O2S2/c1-12(2)19-15(8-9-17-19)13-10-16(22-11-13)23(20,21)18-14-6-4-3-5-7-14/h8-12,14,18H,3-7H2,1-2H3. The zero-order valence-electron chi connectivity index (χ0n) is 13.5. The quantitative estimate of drug-likeness (QED) is 0.889. The lowest BCUT2D eigenvalue weighted by Crippen LogP contribution is -2.35. The van der Waals surface area contributed by atoms with E-state index in [9.17, 15) is 8.42 Å². The van der Waals surface area contributed by atoms with Gasteiger partial charge in [0.25, 0.3) is 0 Å². The van der Waals surface area contributed by atoms with Gasteiger partial charge < -0.3 is 0 Å². The van der Waals surface area contributed by atoms with Gasteiger partial charge in [-0.15, -0.1) is 11.3 Å². The van der Waals surface area contributed by atoms with Gasteiger partial charge in [0.2, 0.25) is 10.0 Å². The Morgan fingerprint density at radius 1 is 1.30 bits per heavy atom. The van der Waals surface area contributed by atoms with E-state index >= 15 is 0 Å². The summed E-state index contributed by atoms with van der Waals surface area (Å²) in [5, 5.41) is 6.21. The largest absolute Gasteiger partial charge is 0.262 e. The van der Waals surface area contributed by atoms with Crippen molar-refractivity contribution in [2.24, 2.45) is 0 Å². The number of sulfonamides is 1. The molecule has 2 aromatic rings. The Labute approximate surface area is 141 Å². The number of hydrogen-bond donors (Lipinski definition) is 1. The Morgan fingerprint density at radius 2 is 2.04 bits per heavy atom. The van der Waals surface area contributed by atoms with E-state index in [-0.39, 0.29) is 12.1 Å². The second-order valence-electron chi connectivity index (χ2n) is 6.37. The van der Waals surface area contributed by atoms with Crippen LogP contribution in [0.5, 0.6) is 0 Å². The normalized spacial score (nSPS) is 17.0. The molecule has 0 atom stereocenters. The van der Waals surface area contributed by atoms with Gasteiger partial charge in [0.1, 0.15) is 4.21 Å².